The molecule has 1 fully saturated rings. The fourth-order valence-corrected chi connectivity index (χ4v) is 2.65. The van der Waals surface area contributed by atoms with Gasteiger partial charge in [-0.3, -0.25) is 9.69 Å². The number of carbonyl (C=O) groups excluding carboxylic acids is 1. The molecule has 1 aromatic rings. The van der Waals surface area contributed by atoms with Gasteiger partial charge >= 0.3 is 0 Å². The molecule has 0 atom stereocenters. The van der Waals surface area contributed by atoms with Gasteiger partial charge in [0.05, 0.1) is 25.0 Å². The number of nitrogens with zero attached hydrogens (tertiary/aromatic N) is 1. The molecule has 1 heterocycles. The van der Waals surface area contributed by atoms with Crippen molar-refractivity contribution in [1.82, 2.24) is 4.90 Å². The summed E-state index contributed by atoms with van der Waals surface area (Å²) < 4.78 is 5.10. The fraction of sp³-hybridized carbons (Fsp3) is 0.562. The van der Waals surface area contributed by atoms with Gasteiger partial charge in [-0.1, -0.05) is 19.3 Å². The number of anilines is 2. The van der Waals surface area contributed by atoms with Crippen LogP contribution in [0.2, 0.25) is 0 Å². The molecule has 1 aromatic carbocycles. The predicted molar refractivity (Wildman–Crippen MR) is 85.6 cm³/mol. The Morgan fingerprint density at radius 2 is 1.90 bits per heavy atom. The molecule has 0 aliphatic carbocycles. The topological polar surface area (TPSA) is 67.6 Å². The Morgan fingerprint density at radius 1 is 1.24 bits per heavy atom. The molecule has 3 N–H and O–H groups in total. The van der Waals surface area contributed by atoms with E-state index in [1.807, 2.05) is 0 Å². The van der Waals surface area contributed by atoms with Crippen molar-refractivity contribution in [2.45, 2.75) is 32.1 Å². The summed E-state index contributed by atoms with van der Waals surface area (Å²) in [5.74, 6) is 0.682. The van der Waals surface area contributed by atoms with Crippen molar-refractivity contribution < 1.29 is 9.53 Å². The zero-order valence-electron chi connectivity index (χ0n) is 12.7. The quantitative estimate of drug-likeness (QED) is 0.836. The van der Waals surface area contributed by atoms with Crippen molar-refractivity contribution in [3.05, 3.63) is 18.2 Å². The third-order valence-corrected chi connectivity index (χ3v) is 3.85. The Balaban J connectivity index is 1.88. The van der Waals surface area contributed by atoms with Crippen molar-refractivity contribution >= 4 is 17.3 Å². The van der Waals surface area contributed by atoms with Crippen LogP contribution in [-0.2, 0) is 4.79 Å². The normalized spacial score (nSPS) is 16.8. The summed E-state index contributed by atoms with van der Waals surface area (Å²) in [6.45, 7) is 2.45. The summed E-state index contributed by atoms with van der Waals surface area (Å²) in [6, 6.07) is 5.29. The van der Waals surface area contributed by atoms with Crippen molar-refractivity contribution in [2.24, 2.45) is 0 Å². The molecule has 2 rings (SSSR count). The highest BCUT2D eigenvalue weighted by atomic mass is 16.5. The Morgan fingerprint density at radius 3 is 2.52 bits per heavy atom. The van der Waals surface area contributed by atoms with Gasteiger partial charge in [-0.05, 0) is 38.1 Å². The van der Waals surface area contributed by atoms with Crippen LogP contribution < -0.4 is 15.8 Å². The molecule has 116 valence electrons. The van der Waals surface area contributed by atoms with E-state index in [1.54, 1.807) is 25.3 Å². The number of likely N-dealkylation sites (tertiary alicyclic amines) is 1. The predicted octanol–water partition coefficient (Wildman–Crippen LogP) is 2.48. The standard InChI is InChI=1S/C16H25N3O2/c1-21-13-7-8-15(14(17)11-13)18-16(20)12-19-9-5-3-2-4-6-10-19/h7-8,11H,2-6,9-10,12,17H2,1H3,(H,18,20). The van der Waals surface area contributed by atoms with E-state index in [1.165, 1.54) is 32.1 Å². The Kier molecular flexibility index (Phi) is 5.87. The minimum Gasteiger partial charge on any atom is -0.497 e. The fourth-order valence-electron chi connectivity index (χ4n) is 2.65. The Bertz CT molecular complexity index is 469. The number of nitrogens with two attached hydrogens (primary N) is 1. The monoisotopic (exact) mass is 291 g/mol. The third-order valence-electron chi connectivity index (χ3n) is 3.85. The van der Waals surface area contributed by atoms with Crippen molar-refractivity contribution in [3.63, 3.8) is 0 Å². The van der Waals surface area contributed by atoms with E-state index < -0.39 is 0 Å². The molecule has 5 nitrogen and oxygen atoms in total. The Labute approximate surface area is 126 Å². The number of amides is 1. The van der Waals surface area contributed by atoms with Gasteiger partial charge in [-0.2, -0.15) is 0 Å². The third kappa shape index (κ3) is 4.93. The first-order chi connectivity index (χ1) is 10.2. The number of rotatable bonds is 4. The van der Waals surface area contributed by atoms with Crippen LogP contribution >= 0.6 is 0 Å². The molecule has 1 aliphatic heterocycles. The van der Waals surface area contributed by atoms with E-state index in [0.29, 0.717) is 23.7 Å². The molecular weight excluding hydrogens is 266 g/mol. The molecule has 0 bridgehead atoms. The number of hydrogen-bond acceptors (Lipinski definition) is 4. The van der Waals surface area contributed by atoms with Crippen LogP contribution in [0, 0.1) is 0 Å². The van der Waals surface area contributed by atoms with Gasteiger partial charge in [0.1, 0.15) is 5.75 Å². The number of carbonyl (C=O) groups is 1. The lowest BCUT2D eigenvalue weighted by Gasteiger charge is -2.23. The van der Waals surface area contributed by atoms with Crippen LogP contribution in [0.3, 0.4) is 0 Å². The molecule has 1 saturated heterocycles. The van der Waals surface area contributed by atoms with Crippen LogP contribution in [0.25, 0.3) is 0 Å². The smallest absolute Gasteiger partial charge is 0.238 e. The number of ether oxygens (including phenoxy) is 1. The van der Waals surface area contributed by atoms with Crippen molar-refractivity contribution in [2.75, 3.05) is 37.8 Å². The summed E-state index contributed by atoms with van der Waals surface area (Å²) in [5.41, 5.74) is 7.09. The lowest BCUT2D eigenvalue weighted by atomic mass is 10.1. The zero-order chi connectivity index (χ0) is 15.1. The van der Waals surface area contributed by atoms with E-state index in [0.717, 1.165) is 13.1 Å². The summed E-state index contributed by atoms with van der Waals surface area (Å²) in [4.78, 5) is 14.4. The van der Waals surface area contributed by atoms with Gasteiger partial charge in [-0.15, -0.1) is 0 Å². The molecular formula is C16H25N3O2. The molecule has 0 spiro atoms. The van der Waals surface area contributed by atoms with E-state index in [2.05, 4.69) is 10.2 Å². The van der Waals surface area contributed by atoms with E-state index in [-0.39, 0.29) is 5.91 Å². The van der Waals surface area contributed by atoms with Gasteiger partial charge in [0.2, 0.25) is 5.91 Å². The highest BCUT2D eigenvalue weighted by Crippen LogP contribution is 2.24. The molecule has 1 amide bonds. The van der Waals surface area contributed by atoms with Gasteiger partial charge in [0, 0.05) is 6.07 Å². The second kappa shape index (κ2) is 7.88. The number of nitrogen functional groups attached to an aromatic ring is 1. The van der Waals surface area contributed by atoms with Crippen molar-refractivity contribution in [3.8, 4) is 5.75 Å². The zero-order valence-corrected chi connectivity index (χ0v) is 12.7. The van der Waals surface area contributed by atoms with Crippen LogP contribution in [0.4, 0.5) is 11.4 Å². The van der Waals surface area contributed by atoms with E-state index in [9.17, 15) is 4.79 Å². The second-order valence-electron chi connectivity index (χ2n) is 5.55. The highest BCUT2D eigenvalue weighted by Gasteiger charge is 2.13. The highest BCUT2D eigenvalue weighted by molar-refractivity contribution is 5.95. The van der Waals surface area contributed by atoms with Crippen LogP contribution in [-0.4, -0.2) is 37.6 Å². The maximum absolute atomic E-state index is 12.1. The average molecular weight is 291 g/mol. The maximum Gasteiger partial charge on any atom is 0.238 e. The molecule has 0 saturated carbocycles. The van der Waals surface area contributed by atoms with Crippen LogP contribution in [0.5, 0.6) is 5.75 Å². The summed E-state index contributed by atoms with van der Waals surface area (Å²) in [5, 5.41) is 2.88. The molecule has 0 radical (unpaired) electrons. The maximum atomic E-state index is 12.1. The Hall–Kier alpha value is -1.75. The lowest BCUT2D eigenvalue weighted by Crippen LogP contribution is -2.35. The summed E-state index contributed by atoms with van der Waals surface area (Å²) in [6.07, 6.45) is 6.21. The number of nitrogens with one attached hydrogen (secondary N) is 1. The molecule has 0 aromatic heterocycles. The minimum atomic E-state index is -0.00700. The molecule has 21 heavy (non-hydrogen) atoms. The van der Waals surface area contributed by atoms with Crippen LogP contribution in [0.15, 0.2) is 18.2 Å². The first kappa shape index (κ1) is 15.6. The summed E-state index contributed by atoms with van der Waals surface area (Å²) >= 11 is 0. The van der Waals surface area contributed by atoms with Gasteiger partial charge in [0.15, 0.2) is 0 Å². The molecule has 0 unspecified atom stereocenters. The largest absolute Gasteiger partial charge is 0.497 e. The first-order valence-corrected chi connectivity index (χ1v) is 7.65. The number of hydrogen-bond donors (Lipinski definition) is 2. The minimum absolute atomic E-state index is 0.00700. The second-order valence-corrected chi connectivity index (χ2v) is 5.55. The van der Waals surface area contributed by atoms with Crippen molar-refractivity contribution in [1.29, 1.82) is 0 Å². The number of methoxy groups -OCH3 is 1. The van der Waals surface area contributed by atoms with Gasteiger partial charge < -0.3 is 15.8 Å². The van der Waals surface area contributed by atoms with Gasteiger partial charge in [0.25, 0.3) is 0 Å². The first-order valence-electron chi connectivity index (χ1n) is 7.65. The SMILES string of the molecule is COc1ccc(NC(=O)CN2CCCCCCC2)c(N)c1. The molecule has 5 heteroatoms. The number of benzene rings is 1. The molecule has 1 aliphatic rings. The summed E-state index contributed by atoms with van der Waals surface area (Å²) in [7, 11) is 1.59. The van der Waals surface area contributed by atoms with Crippen LogP contribution in [0.1, 0.15) is 32.1 Å². The average Bonchev–Trinajstić information content (AvgIpc) is 2.44. The van der Waals surface area contributed by atoms with E-state index >= 15 is 0 Å². The van der Waals surface area contributed by atoms with Gasteiger partial charge in [-0.25, -0.2) is 0 Å². The lowest BCUT2D eigenvalue weighted by molar-refractivity contribution is -0.117. The van der Waals surface area contributed by atoms with E-state index in [4.69, 9.17) is 10.5 Å².